The van der Waals surface area contributed by atoms with Gasteiger partial charge in [-0.3, -0.25) is 9.48 Å². The lowest BCUT2D eigenvalue weighted by Crippen LogP contribution is -2.21. The van der Waals surface area contributed by atoms with Crippen LogP contribution in [-0.2, 0) is 17.9 Å². The number of aromatic nitrogens is 2. The molecular formula is C14H18N4O. The number of nitrogens with zero attached hydrogens (tertiary/aromatic N) is 2. The summed E-state index contributed by atoms with van der Waals surface area (Å²) in [6.07, 6.45) is 3.43. The van der Waals surface area contributed by atoms with Crippen molar-refractivity contribution in [3.8, 4) is 0 Å². The normalized spacial score (nSPS) is 10.4. The number of hydrogen-bond donors (Lipinski definition) is 2. The second-order valence-electron chi connectivity index (χ2n) is 4.19. The van der Waals surface area contributed by atoms with Gasteiger partial charge in [0.2, 0.25) is 5.91 Å². The van der Waals surface area contributed by atoms with Crippen molar-refractivity contribution in [3.05, 3.63) is 48.3 Å². The molecule has 1 aromatic heterocycles. The van der Waals surface area contributed by atoms with Crippen LogP contribution < -0.4 is 10.6 Å². The van der Waals surface area contributed by atoms with Crippen molar-refractivity contribution in [3.63, 3.8) is 0 Å². The minimum absolute atomic E-state index is 0.0763. The Balaban J connectivity index is 1.99. The van der Waals surface area contributed by atoms with Gasteiger partial charge >= 0.3 is 0 Å². The molecule has 0 saturated heterocycles. The fourth-order valence-corrected chi connectivity index (χ4v) is 1.79. The zero-order valence-electron chi connectivity index (χ0n) is 11.0. The van der Waals surface area contributed by atoms with E-state index in [1.165, 1.54) is 0 Å². The van der Waals surface area contributed by atoms with Crippen molar-refractivity contribution in [2.24, 2.45) is 0 Å². The van der Waals surface area contributed by atoms with Crippen LogP contribution in [0.25, 0.3) is 0 Å². The van der Waals surface area contributed by atoms with Crippen LogP contribution in [0.3, 0.4) is 0 Å². The van der Waals surface area contributed by atoms with Crippen molar-refractivity contribution in [1.29, 1.82) is 0 Å². The third-order valence-electron chi connectivity index (χ3n) is 2.72. The lowest BCUT2D eigenvalue weighted by atomic mass is 10.1. The molecule has 1 aromatic carbocycles. The molecule has 2 aromatic rings. The lowest BCUT2D eigenvalue weighted by molar-refractivity contribution is -0.116. The highest BCUT2D eigenvalue weighted by Gasteiger charge is 2.06. The van der Waals surface area contributed by atoms with E-state index in [1.807, 2.05) is 24.3 Å². The lowest BCUT2D eigenvalue weighted by Gasteiger charge is -2.11. The van der Waals surface area contributed by atoms with E-state index >= 15 is 0 Å². The van der Waals surface area contributed by atoms with E-state index < -0.39 is 0 Å². The summed E-state index contributed by atoms with van der Waals surface area (Å²) in [5.41, 5.74) is 1.93. The van der Waals surface area contributed by atoms with E-state index in [2.05, 4.69) is 22.7 Å². The smallest absolute Gasteiger partial charge is 0.246 e. The molecule has 5 nitrogen and oxygen atoms in total. The van der Waals surface area contributed by atoms with Crippen molar-refractivity contribution < 1.29 is 4.79 Å². The number of nitrogens with one attached hydrogen (secondary N) is 2. The van der Waals surface area contributed by atoms with Crippen LogP contribution in [0.5, 0.6) is 0 Å². The molecular weight excluding hydrogens is 240 g/mol. The van der Waals surface area contributed by atoms with Crippen molar-refractivity contribution in [2.45, 2.75) is 20.0 Å². The van der Waals surface area contributed by atoms with Gasteiger partial charge in [0, 0.05) is 24.6 Å². The van der Waals surface area contributed by atoms with Crippen LogP contribution in [0, 0.1) is 0 Å². The summed E-state index contributed by atoms with van der Waals surface area (Å²) in [5.74, 6) is -0.0763. The molecule has 1 heterocycles. The first-order valence-corrected chi connectivity index (χ1v) is 6.35. The van der Waals surface area contributed by atoms with Gasteiger partial charge in [0.15, 0.2) is 0 Å². The maximum atomic E-state index is 11.9. The van der Waals surface area contributed by atoms with Gasteiger partial charge in [-0.2, -0.15) is 5.10 Å². The van der Waals surface area contributed by atoms with E-state index in [9.17, 15) is 4.79 Å². The molecule has 0 aliphatic carbocycles. The highest BCUT2D eigenvalue weighted by atomic mass is 16.2. The van der Waals surface area contributed by atoms with Crippen LogP contribution in [0.2, 0.25) is 0 Å². The SMILES string of the molecule is CCNCc1ccccc1NC(=O)Cn1cccn1. The Labute approximate surface area is 112 Å². The van der Waals surface area contributed by atoms with E-state index in [-0.39, 0.29) is 12.5 Å². The third kappa shape index (κ3) is 3.93. The first-order chi connectivity index (χ1) is 9.29. The Morgan fingerprint density at radius 2 is 2.16 bits per heavy atom. The van der Waals surface area contributed by atoms with Gasteiger partial charge in [-0.25, -0.2) is 0 Å². The molecule has 2 N–H and O–H groups in total. The minimum atomic E-state index is -0.0763. The number of carbonyl (C=O) groups excluding carboxylic acids is 1. The summed E-state index contributed by atoms with van der Waals surface area (Å²) in [6.45, 7) is 3.92. The fourth-order valence-electron chi connectivity index (χ4n) is 1.79. The summed E-state index contributed by atoms with van der Waals surface area (Å²) in [7, 11) is 0. The molecule has 0 radical (unpaired) electrons. The Bertz CT molecular complexity index is 522. The number of amides is 1. The Morgan fingerprint density at radius 1 is 1.32 bits per heavy atom. The first-order valence-electron chi connectivity index (χ1n) is 6.35. The molecule has 0 bridgehead atoms. The van der Waals surface area contributed by atoms with Crippen LogP contribution in [0.15, 0.2) is 42.7 Å². The third-order valence-corrected chi connectivity index (χ3v) is 2.72. The molecule has 0 fully saturated rings. The molecule has 0 spiro atoms. The molecule has 100 valence electrons. The Hall–Kier alpha value is -2.14. The van der Waals surface area contributed by atoms with Gasteiger partial charge in [-0.05, 0) is 24.2 Å². The van der Waals surface area contributed by atoms with Crippen LogP contribution in [-0.4, -0.2) is 22.2 Å². The van der Waals surface area contributed by atoms with Crippen molar-refractivity contribution >= 4 is 11.6 Å². The van der Waals surface area contributed by atoms with E-state index in [4.69, 9.17) is 0 Å². The molecule has 5 heteroatoms. The predicted octanol–water partition coefficient (Wildman–Crippen LogP) is 1.63. The molecule has 0 atom stereocenters. The summed E-state index contributed by atoms with van der Waals surface area (Å²) in [4.78, 5) is 11.9. The number of rotatable bonds is 6. The van der Waals surface area contributed by atoms with Crippen molar-refractivity contribution in [1.82, 2.24) is 15.1 Å². The molecule has 0 aliphatic rings. The predicted molar refractivity (Wildman–Crippen MR) is 74.7 cm³/mol. The average molecular weight is 258 g/mol. The minimum Gasteiger partial charge on any atom is -0.324 e. The monoisotopic (exact) mass is 258 g/mol. The van der Waals surface area contributed by atoms with Crippen molar-refractivity contribution in [2.75, 3.05) is 11.9 Å². The molecule has 19 heavy (non-hydrogen) atoms. The second-order valence-corrected chi connectivity index (χ2v) is 4.19. The van der Waals surface area contributed by atoms with Crippen LogP contribution in [0.1, 0.15) is 12.5 Å². The Morgan fingerprint density at radius 3 is 2.89 bits per heavy atom. The largest absolute Gasteiger partial charge is 0.324 e. The van der Waals surface area contributed by atoms with Gasteiger partial charge in [-0.15, -0.1) is 0 Å². The van der Waals surface area contributed by atoms with E-state index in [1.54, 1.807) is 23.1 Å². The number of benzene rings is 1. The summed E-state index contributed by atoms with van der Waals surface area (Å²) in [5, 5.41) is 10.2. The standard InChI is InChI=1S/C14H18N4O/c1-2-15-10-12-6-3-4-7-13(12)17-14(19)11-18-9-5-8-16-18/h3-9,15H,2,10-11H2,1H3,(H,17,19). The van der Waals surface area contributed by atoms with Gasteiger partial charge < -0.3 is 10.6 Å². The molecule has 0 unspecified atom stereocenters. The first kappa shape index (κ1) is 13.3. The number of para-hydroxylation sites is 1. The van der Waals surface area contributed by atoms with Gasteiger partial charge in [0.1, 0.15) is 6.54 Å². The summed E-state index contributed by atoms with van der Waals surface area (Å²) in [6, 6.07) is 9.60. The fraction of sp³-hybridized carbons (Fsp3) is 0.286. The Kier molecular flexibility index (Phi) is 4.69. The maximum absolute atomic E-state index is 11.9. The van der Waals surface area contributed by atoms with Gasteiger partial charge in [0.05, 0.1) is 0 Å². The molecule has 1 amide bonds. The molecule has 2 rings (SSSR count). The maximum Gasteiger partial charge on any atom is 0.246 e. The molecule has 0 saturated carbocycles. The topological polar surface area (TPSA) is 58.9 Å². The zero-order valence-corrected chi connectivity index (χ0v) is 11.0. The van der Waals surface area contributed by atoms with Crippen LogP contribution in [0.4, 0.5) is 5.69 Å². The van der Waals surface area contributed by atoms with E-state index in [0.29, 0.717) is 0 Å². The summed E-state index contributed by atoms with van der Waals surface area (Å²) >= 11 is 0. The molecule has 0 aliphatic heterocycles. The second kappa shape index (κ2) is 6.70. The highest BCUT2D eigenvalue weighted by Crippen LogP contribution is 2.14. The van der Waals surface area contributed by atoms with Gasteiger partial charge in [-0.1, -0.05) is 25.1 Å². The highest BCUT2D eigenvalue weighted by molar-refractivity contribution is 5.91. The van der Waals surface area contributed by atoms with E-state index in [0.717, 1.165) is 24.3 Å². The zero-order chi connectivity index (χ0) is 13.5. The number of hydrogen-bond acceptors (Lipinski definition) is 3. The number of carbonyl (C=O) groups is 1. The average Bonchev–Trinajstić information content (AvgIpc) is 2.90. The quantitative estimate of drug-likeness (QED) is 0.828. The number of anilines is 1. The summed E-state index contributed by atoms with van der Waals surface area (Å²) < 4.78 is 1.60. The van der Waals surface area contributed by atoms with Crippen LogP contribution >= 0.6 is 0 Å². The van der Waals surface area contributed by atoms with Gasteiger partial charge in [0.25, 0.3) is 0 Å².